The summed E-state index contributed by atoms with van der Waals surface area (Å²) in [5.74, 6) is 0.466. The smallest absolute Gasteiger partial charge is 0.228 e. The number of aromatic amines is 1. The van der Waals surface area contributed by atoms with Crippen molar-refractivity contribution in [3.63, 3.8) is 0 Å². The van der Waals surface area contributed by atoms with Crippen molar-refractivity contribution >= 4 is 5.91 Å². The zero-order valence-electron chi connectivity index (χ0n) is 12.3. The van der Waals surface area contributed by atoms with Gasteiger partial charge in [-0.3, -0.25) is 9.89 Å². The molecule has 6 nitrogen and oxygen atoms in total. The number of hydrogen-bond donors (Lipinski definition) is 2. The first-order valence-electron chi connectivity index (χ1n) is 6.58. The van der Waals surface area contributed by atoms with E-state index in [1.807, 2.05) is 13.0 Å². The van der Waals surface area contributed by atoms with Gasteiger partial charge >= 0.3 is 0 Å². The third-order valence-corrected chi connectivity index (χ3v) is 2.89. The largest absolute Gasteiger partial charge is 0.361 e. The van der Waals surface area contributed by atoms with Crippen molar-refractivity contribution in [2.45, 2.75) is 46.1 Å². The third kappa shape index (κ3) is 3.69. The van der Waals surface area contributed by atoms with E-state index in [1.54, 1.807) is 6.07 Å². The molecule has 2 heterocycles. The van der Waals surface area contributed by atoms with Gasteiger partial charge in [-0.15, -0.1) is 0 Å². The highest BCUT2D eigenvalue weighted by Gasteiger charge is 2.17. The predicted molar refractivity (Wildman–Crippen MR) is 74.1 cm³/mol. The number of aryl methyl sites for hydroxylation is 1. The van der Waals surface area contributed by atoms with E-state index < -0.39 is 0 Å². The number of hydrogen-bond acceptors (Lipinski definition) is 4. The van der Waals surface area contributed by atoms with Crippen LogP contribution in [-0.2, 0) is 23.2 Å². The van der Waals surface area contributed by atoms with Crippen LogP contribution in [0.3, 0.4) is 0 Å². The van der Waals surface area contributed by atoms with Crippen LogP contribution in [0.4, 0.5) is 0 Å². The Balaban J connectivity index is 1.86. The van der Waals surface area contributed by atoms with Crippen molar-refractivity contribution in [3.05, 3.63) is 35.0 Å². The van der Waals surface area contributed by atoms with Crippen molar-refractivity contribution in [1.82, 2.24) is 20.7 Å². The molecule has 108 valence electrons. The summed E-state index contributed by atoms with van der Waals surface area (Å²) >= 11 is 0. The zero-order chi connectivity index (χ0) is 14.8. The number of nitrogens with zero attached hydrogens (tertiary/aromatic N) is 2. The number of aromatic nitrogens is 3. The van der Waals surface area contributed by atoms with Crippen LogP contribution >= 0.6 is 0 Å². The number of carbonyl (C=O) groups is 1. The van der Waals surface area contributed by atoms with E-state index >= 15 is 0 Å². The molecule has 0 radical (unpaired) electrons. The van der Waals surface area contributed by atoms with Crippen LogP contribution in [0, 0.1) is 6.92 Å². The van der Waals surface area contributed by atoms with E-state index in [9.17, 15) is 4.79 Å². The monoisotopic (exact) mass is 276 g/mol. The summed E-state index contributed by atoms with van der Waals surface area (Å²) in [4.78, 5) is 11.8. The van der Waals surface area contributed by atoms with Crippen LogP contribution in [0.1, 0.15) is 43.6 Å². The van der Waals surface area contributed by atoms with Gasteiger partial charge in [-0.2, -0.15) is 5.10 Å². The summed E-state index contributed by atoms with van der Waals surface area (Å²) in [5.41, 5.74) is 2.64. The second-order valence-electron chi connectivity index (χ2n) is 5.92. The number of carbonyl (C=O) groups excluding carboxylic acids is 1. The molecule has 2 aromatic heterocycles. The molecule has 0 aliphatic carbocycles. The van der Waals surface area contributed by atoms with Crippen LogP contribution in [0.25, 0.3) is 0 Å². The Bertz CT molecular complexity index is 592. The van der Waals surface area contributed by atoms with Gasteiger partial charge in [0, 0.05) is 11.5 Å². The molecule has 20 heavy (non-hydrogen) atoms. The number of amides is 1. The minimum atomic E-state index is -0.104. The van der Waals surface area contributed by atoms with Gasteiger partial charge in [0.05, 0.1) is 30.0 Å². The van der Waals surface area contributed by atoms with Gasteiger partial charge in [0.1, 0.15) is 5.76 Å². The second-order valence-corrected chi connectivity index (χ2v) is 5.92. The Kier molecular flexibility index (Phi) is 3.92. The van der Waals surface area contributed by atoms with Gasteiger partial charge in [0.2, 0.25) is 5.91 Å². The highest BCUT2D eigenvalue weighted by Crippen LogP contribution is 2.20. The van der Waals surface area contributed by atoms with Gasteiger partial charge < -0.3 is 9.84 Å². The minimum Gasteiger partial charge on any atom is -0.361 e. The van der Waals surface area contributed by atoms with Crippen LogP contribution < -0.4 is 5.32 Å². The molecule has 0 aliphatic heterocycles. The molecule has 0 aliphatic rings. The maximum absolute atomic E-state index is 11.8. The van der Waals surface area contributed by atoms with Crippen molar-refractivity contribution in [2.24, 2.45) is 0 Å². The SMILES string of the molecule is Cc1cc(CC(=O)NCc2cc(C(C)(C)C)n[nH]2)on1. The Morgan fingerprint density at radius 3 is 2.70 bits per heavy atom. The molecule has 0 spiro atoms. The lowest BCUT2D eigenvalue weighted by atomic mass is 9.92. The average molecular weight is 276 g/mol. The molecule has 2 aromatic rings. The molecular weight excluding hydrogens is 256 g/mol. The quantitative estimate of drug-likeness (QED) is 0.892. The van der Waals surface area contributed by atoms with Crippen molar-refractivity contribution in [2.75, 3.05) is 0 Å². The van der Waals surface area contributed by atoms with E-state index in [4.69, 9.17) is 4.52 Å². The lowest BCUT2D eigenvalue weighted by Gasteiger charge is -2.13. The third-order valence-electron chi connectivity index (χ3n) is 2.89. The fourth-order valence-electron chi connectivity index (χ4n) is 1.75. The first-order chi connectivity index (χ1) is 9.34. The average Bonchev–Trinajstić information content (AvgIpc) is 2.95. The second kappa shape index (κ2) is 5.48. The lowest BCUT2D eigenvalue weighted by molar-refractivity contribution is -0.120. The Hall–Kier alpha value is -2.11. The number of nitrogens with one attached hydrogen (secondary N) is 2. The van der Waals surface area contributed by atoms with Gasteiger partial charge in [0.15, 0.2) is 0 Å². The highest BCUT2D eigenvalue weighted by atomic mass is 16.5. The van der Waals surface area contributed by atoms with Crippen molar-refractivity contribution < 1.29 is 9.32 Å². The summed E-state index contributed by atoms with van der Waals surface area (Å²) in [5, 5.41) is 13.8. The van der Waals surface area contributed by atoms with E-state index in [0.717, 1.165) is 17.1 Å². The normalized spacial score (nSPS) is 11.6. The lowest BCUT2D eigenvalue weighted by Crippen LogP contribution is -2.24. The molecule has 2 N–H and O–H groups in total. The highest BCUT2D eigenvalue weighted by molar-refractivity contribution is 5.77. The molecule has 1 amide bonds. The minimum absolute atomic E-state index is 0.00385. The standard InChI is InChI=1S/C14H20N4O2/c1-9-5-11(20-18-9)7-13(19)15-8-10-6-12(17-16-10)14(2,3)4/h5-6H,7-8H2,1-4H3,(H,15,19)(H,16,17). The van der Waals surface area contributed by atoms with E-state index in [-0.39, 0.29) is 17.7 Å². The summed E-state index contributed by atoms with van der Waals surface area (Å²) in [6.07, 6.45) is 0.196. The van der Waals surface area contributed by atoms with Crippen LogP contribution in [-0.4, -0.2) is 21.3 Å². The van der Waals surface area contributed by atoms with Crippen LogP contribution in [0.15, 0.2) is 16.7 Å². The molecular formula is C14H20N4O2. The molecule has 0 bridgehead atoms. The summed E-state index contributed by atoms with van der Waals surface area (Å²) in [6, 6.07) is 3.73. The summed E-state index contributed by atoms with van der Waals surface area (Å²) < 4.78 is 5.00. The van der Waals surface area contributed by atoms with E-state index in [1.165, 1.54) is 0 Å². The molecule has 0 saturated heterocycles. The Morgan fingerprint density at radius 2 is 2.15 bits per heavy atom. The van der Waals surface area contributed by atoms with Gasteiger partial charge in [-0.05, 0) is 13.0 Å². The van der Waals surface area contributed by atoms with Crippen LogP contribution in [0.2, 0.25) is 0 Å². The predicted octanol–water partition coefficient (Wildman–Crippen LogP) is 1.86. The molecule has 2 rings (SSSR count). The van der Waals surface area contributed by atoms with Gasteiger partial charge in [-0.1, -0.05) is 25.9 Å². The molecule has 0 unspecified atom stereocenters. The molecule has 6 heteroatoms. The van der Waals surface area contributed by atoms with Gasteiger partial charge in [0.25, 0.3) is 0 Å². The number of H-pyrrole nitrogens is 1. The summed E-state index contributed by atoms with van der Waals surface area (Å²) in [7, 11) is 0. The van der Waals surface area contributed by atoms with E-state index in [0.29, 0.717) is 12.3 Å². The van der Waals surface area contributed by atoms with Crippen LogP contribution in [0.5, 0.6) is 0 Å². The number of rotatable bonds is 4. The first kappa shape index (κ1) is 14.3. The molecule has 0 fully saturated rings. The Morgan fingerprint density at radius 1 is 1.40 bits per heavy atom. The van der Waals surface area contributed by atoms with Crippen molar-refractivity contribution in [1.29, 1.82) is 0 Å². The van der Waals surface area contributed by atoms with Crippen molar-refractivity contribution in [3.8, 4) is 0 Å². The zero-order valence-corrected chi connectivity index (χ0v) is 12.3. The maximum Gasteiger partial charge on any atom is 0.228 e. The molecule has 0 saturated carbocycles. The fraction of sp³-hybridized carbons (Fsp3) is 0.500. The summed E-state index contributed by atoms with van der Waals surface area (Å²) in [6.45, 7) is 8.53. The topological polar surface area (TPSA) is 83.8 Å². The molecule has 0 aromatic carbocycles. The molecule has 0 atom stereocenters. The maximum atomic E-state index is 11.8. The first-order valence-corrected chi connectivity index (χ1v) is 6.58. The Labute approximate surface area is 117 Å². The fourth-order valence-corrected chi connectivity index (χ4v) is 1.75. The van der Waals surface area contributed by atoms with E-state index in [2.05, 4.69) is 41.4 Å². The van der Waals surface area contributed by atoms with Gasteiger partial charge in [-0.25, -0.2) is 0 Å².